The van der Waals surface area contributed by atoms with Crippen LogP contribution in [0.2, 0.25) is 0 Å². The largest absolute Gasteiger partial charge is 0.218 e. The maximum Gasteiger partial charge on any atom is 0.0979 e. The summed E-state index contributed by atoms with van der Waals surface area (Å²) in [4.78, 5) is 0. The van der Waals surface area contributed by atoms with Crippen LogP contribution in [-0.4, -0.2) is 31.0 Å². The number of halogens is 1. The zero-order valence-electron chi connectivity index (χ0n) is 4.30. The first kappa shape index (κ1) is 9.51. The molecule has 0 heterocycles. The van der Waals surface area contributed by atoms with E-state index >= 15 is 0 Å². The summed E-state index contributed by atoms with van der Waals surface area (Å²) in [6.45, 7) is 0. The molecule has 0 aromatic rings. The van der Waals surface area contributed by atoms with Gasteiger partial charge in [-0.05, 0) is 0 Å². The minimum atomic E-state index is 0. The number of quaternary nitrogens is 1. The molecule has 0 fully saturated rings. The molecule has 3 heteroatoms. The zero-order valence-corrected chi connectivity index (χ0v) is 5.12. The first-order chi connectivity index (χ1) is 2.00. The Balaban J connectivity index is 0. The van der Waals surface area contributed by atoms with Gasteiger partial charge in [-0.1, -0.05) is 0 Å². The maximum absolute atomic E-state index is 8.46. The molecule has 0 aliphatic carbocycles. The van der Waals surface area contributed by atoms with Gasteiger partial charge in [-0.3, -0.25) is 0 Å². The first-order valence-electron chi connectivity index (χ1n) is 1.54. The molecule has 0 unspecified atom stereocenters. The lowest BCUT2D eigenvalue weighted by Crippen LogP contribution is -2.28. The minimum Gasteiger partial charge on any atom is -0.218 e. The fraction of sp³-hybridized carbons (Fsp3) is 1.00. The highest BCUT2D eigenvalue weighted by Gasteiger charge is 1.92. The summed E-state index contributed by atoms with van der Waals surface area (Å²) in [5.74, 6) is 0. The van der Waals surface area contributed by atoms with Crippen molar-refractivity contribution in [3.05, 3.63) is 0 Å². The number of rotatable bonds is 0. The second kappa shape index (κ2) is 2.39. The predicted octanol–water partition coefficient (Wildman–Crippen LogP) is 0.504. The van der Waals surface area contributed by atoms with E-state index in [0.717, 1.165) is 0 Å². The van der Waals surface area contributed by atoms with E-state index in [4.69, 9.17) is 5.21 Å². The Morgan fingerprint density at radius 1 is 1.17 bits per heavy atom. The van der Waals surface area contributed by atoms with Crippen molar-refractivity contribution in [3.63, 3.8) is 0 Å². The third kappa shape index (κ3) is 984. The quantitative estimate of drug-likeness (QED) is 0.358. The summed E-state index contributed by atoms with van der Waals surface area (Å²) in [6, 6.07) is 0. The van der Waals surface area contributed by atoms with Gasteiger partial charge in [-0.25, -0.2) is 5.21 Å². The van der Waals surface area contributed by atoms with Gasteiger partial charge < -0.3 is 0 Å². The third-order valence-electron chi connectivity index (χ3n) is 0. The van der Waals surface area contributed by atoms with Crippen molar-refractivity contribution in [1.82, 2.24) is 0 Å². The van der Waals surface area contributed by atoms with E-state index in [1.165, 1.54) is 0 Å². The molecule has 0 aromatic heterocycles. The fourth-order valence-corrected chi connectivity index (χ4v) is 0. The Bertz CT molecular complexity index is 26.3. The second-order valence-corrected chi connectivity index (χ2v) is 1.94. The summed E-state index contributed by atoms with van der Waals surface area (Å²) in [7, 11) is 5.04. The molecular weight excluding hydrogens is 101 g/mol. The van der Waals surface area contributed by atoms with E-state index in [1.54, 1.807) is 21.1 Å². The van der Waals surface area contributed by atoms with Gasteiger partial charge in [-0.15, -0.1) is 12.4 Å². The lowest BCUT2D eigenvalue weighted by Gasteiger charge is -2.09. The van der Waals surface area contributed by atoms with Gasteiger partial charge in [0, 0.05) is 0 Å². The SMILES string of the molecule is C[N+](C)(C)O.Cl. The van der Waals surface area contributed by atoms with E-state index in [9.17, 15) is 0 Å². The molecule has 40 valence electrons. The number of hydroxylamine groups is 3. The normalized spacial score (nSPS) is 10.0. The van der Waals surface area contributed by atoms with E-state index in [0.29, 0.717) is 0 Å². The molecule has 0 saturated carbocycles. The van der Waals surface area contributed by atoms with E-state index in [2.05, 4.69) is 0 Å². The van der Waals surface area contributed by atoms with Gasteiger partial charge in [0.25, 0.3) is 0 Å². The van der Waals surface area contributed by atoms with Crippen LogP contribution in [0, 0.1) is 0 Å². The molecule has 0 aromatic carbocycles. The average Bonchev–Trinajstić information content (AvgIpc) is 0.722. The molecule has 0 aliphatic rings. The predicted molar refractivity (Wildman–Crippen MR) is 27.1 cm³/mol. The zero-order chi connectivity index (χ0) is 4.50. The Kier molecular flexibility index (Phi) is 3.80. The van der Waals surface area contributed by atoms with E-state index in [1.807, 2.05) is 0 Å². The molecule has 1 N–H and O–H groups in total. The summed E-state index contributed by atoms with van der Waals surface area (Å²) < 4.78 is 0. The Hall–Kier alpha value is 0.210. The number of hydrogen-bond donors (Lipinski definition) is 1. The molecule has 0 bridgehead atoms. The molecule has 0 atom stereocenters. The highest BCUT2D eigenvalue weighted by molar-refractivity contribution is 5.85. The third-order valence-corrected chi connectivity index (χ3v) is 0. The molecule has 6 heavy (non-hydrogen) atoms. The van der Waals surface area contributed by atoms with Crippen molar-refractivity contribution in [2.75, 3.05) is 21.1 Å². The van der Waals surface area contributed by atoms with Crippen LogP contribution in [0.4, 0.5) is 0 Å². The average molecular weight is 113 g/mol. The van der Waals surface area contributed by atoms with Crippen LogP contribution in [0.15, 0.2) is 0 Å². The van der Waals surface area contributed by atoms with Gasteiger partial charge in [0.2, 0.25) is 0 Å². The van der Waals surface area contributed by atoms with Crippen molar-refractivity contribution in [2.45, 2.75) is 0 Å². The summed E-state index contributed by atoms with van der Waals surface area (Å²) in [6.07, 6.45) is 0. The van der Waals surface area contributed by atoms with Gasteiger partial charge in [0.15, 0.2) is 0 Å². The molecule has 0 amide bonds. The highest BCUT2D eigenvalue weighted by atomic mass is 35.5. The van der Waals surface area contributed by atoms with Gasteiger partial charge >= 0.3 is 0 Å². The van der Waals surface area contributed by atoms with Crippen molar-refractivity contribution in [3.8, 4) is 0 Å². The number of hydrogen-bond acceptors (Lipinski definition) is 1. The highest BCUT2D eigenvalue weighted by Crippen LogP contribution is 1.72. The van der Waals surface area contributed by atoms with Crippen molar-refractivity contribution in [2.24, 2.45) is 0 Å². The second-order valence-electron chi connectivity index (χ2n) is 1.94. The van der Waals surface area contributed by atoms with Crippen LogP contribution < -0.4 is 0 Å². The Morgan fingerprint density at radius 2 is 1.17 bits per heavy atom. The first-order valence-corrected chi connectivity index (χ1v) is 1.54. The summed E-state index contributed by atoms with van der Waals surface area (Å²) >= 11 is 0. The topological polar surface area (TPSA) is 20.2 Å². The van der Waals surface area contributed by atoms with Crippen LogP contribution in [0.1, 0.15) is 0 Å². The molecule has 0 saturated heterocycles. The van der Waals surface area contributed by atoms with Crippen LogP contribution >= 0.6 is 12.4 Å². The lowest BCUT2D eigenvalue weighted by atomic mass is 11.0. The summed E-state index contributed by atoms with van der Waals surface area (Å²) in [5, 5.41) is 8.46. The molecule has 2 nitrogen and oxygen atoms in total. The van der Waals surface area contributed by atoms with E-state index in [-0.39, 0.29) is 17.1 Å². The van der Waals surface area contributed by atoms with Gasteiger partial charge in [0.05, 0.1) is 21.1 Å². The van der Waals surface area contributed by atoms with Gasteiger partial charge in [-0.2, -0.15) is 4.65 Å². The Morgan fingerprint density at radius 3 is 1.17 bits per heavy atom. The van der Waals surface area contributed by atoms with Crippen LogP contribution in [0.3, 0.4) is 0 Å². The Labute approximate surface area is 44.3 Å². The van der Waals surface area contributed by atoms with Crippen molar-refractivity contribution < 1.29 is 9.85 Å². The minimum absolute atomic E-state index is 0. The van der Waals surface area contributed by atoms with Crippen LogP contribution in [0.25, 0.3) is 0 Å². The van der Waals surface area contributed by atoms with Crippen LogP contribution in [-0.2, 0) is 0 Å². The van der Waals surface area contributed by atoms with Crippen LogP contribution in [0.5, 0.6) is 0 Å². The lowest BCUT2D eigenvalue weighted by molar-refractivity contribution is -1.06. The van der Waals surface area contributed by atoms with Crippen molar-refractivity contribution in [1.29, 1.82) is 0 Å². The maximum atomic E-state index is 8.46. The molecule has 0 rings (SSSR count). The van der Waals surface area contributed by atoms with Crippen molar-refractivity contribution >= 4 is 12.4 Å². The molecule has 0 spiro atoms. The van der Waals surface area contributed by atoms with Gasteiger partial charge in [0.1, 0.15) is 0 Å². The molecular formula is C3H11ClNO+. The number of nitrogens with zero attached hydrogens (tertiary/aromatic N) is 1. The monoisotopic (exact) mass is 112 g/mol. The van der Waals surface area contributed by atoms with E-state index < -0.39 is 0 Å². The smallest absolute Gasteiger partial charge is 0.0979 e. The molecule has 0 aliphatic heterocycles. The fourth-order valence-electron chi connectivity index (χ4n) is 0. The summed E-state index contributed by atoms with van der Waals surface area (Å²) in [5.41, 5.74) is 0. The molecule has 0 radical (unpaired) electrons. The standard InChI is InChI=1S/C3H10NO.ClH/c1-4(2,3)5;/h5H,1-3H3;1H/q+1;.